The van der Waals surface area contributed by atoms with Crippen molar-refractivity contribution in [1.29, 1.82) is 0 Å². The molecular formula is C19H27N2O4S2+. The number of methoxy groups -OCH3 is 2. The fourth-order valence-corrected chi connectivity index (χ4v) is 3.97. The lowest BCUT2D eigenvalue weighted by atomic mass is 10.1. The molecule has 27 heavy (non-hydrogen) atoms. The summed E-state index contributed by atoms with van der Waals surface area (Å²) in [5.41, 5.74) is 3.22. The maximum atomic E-state index is 11.8. The van der Waals surface area contributed by atoms with Crippen LogP contribution in [0, 0.1) is 10.9 Å². The number of nitrogens with one attached hydrogen (secondary N) is 1. The Bertz CT molecular complexity index is 845. The zero-order chi connectivity index (χ0) is 20.0. The molecule has 0 aliphatic heterocycles. The van der Waals surface area contributed by atoms with Gasteiger partial charge in [-0.25, -0.2) is 0 Å². The Morgan fingerprint density at radius 2 is 1.93 bits per heavy atom. The molecule has 0 bridgehead atoms. The van der Waals surface area contributed by atoms with Crippen LogP contribution in [0.2, 0.25) is 0 Å². The fraction of sp³-hybridized carbons (Fsp3) is 0.474. The molecule has 0 saturated carbocycles. The van der Waals surface area contributed by atoms with E-state index in [9.17, 15) is 4.79 Å². The molecule has 1 N–H and O–H groups in total. The van der Waals surface area contributed by atoms with Gasteiger partial charge in [0.15, 0.2) is 22.1 Å². The summed E-state index contributed by atoms with van der Waals surface area (Å²) in [4.78, 5) is 13.1. The molecule has 2 rings (SSSR count). The third-order valence-corrected chi connectivity index (χ3v) is 5.58. The van der Waals surface area contributed by atoms with Gasteiger partial charge >= 0.3 is 5.97 Å². The summed E-state index contributed by atoms with van der Waals surface area (Å²) in [5.74, 6) is 1.22. The number of rotatable bonds is 9. The molecule has 1 aromatic carbocycles. The second-order valence-corrected chi connectivity index (χ2v) is 7.83. The van der Waals surface area contributed by atoms with Crippen LogP contribution in [-0.2, 0) is 29.2 Å². The van der Waals surface area contributed by atoms with Gasteiger partial charge in [-0.2, -0.15) is 0 Å². The van der Waals surface area contributed by atoms with E-state index in [1.54, 1.807) is 14.2 Å². The summed E-state index contributed by atoms with van der Waals surface area (Å²) < 4.78 is 18.6. The Balaban J connectivity index is 2.15. The summed E-state index contributed by atoms with van der Waals surface area (Å²) in [6, 6.07) is 4.01. The molecule has 0 fully saturated rings. The number of aryl methyl sites for hydroxylation is 1. The highest BCUT2D eigenvalue weighted by molar-refractivity contribution is 7.73. The highest BCUT2D eigenvalue weighted by Gasteiger charge is 2.16. The first-order chi connectivity index (χ1) is 12.9. The number of carbonyl (C=O) groups is 1. The van der Waals surface area contributed by atoms with Crippen molar-refractivity contribution in [3.8, 4) is 11.5 Å². The molecule has 0 spiro atoms. The van der Waals surface area contributed by atoms with E-state index in [1.165, 1.54) is 21.8 Å². The molecule has 0 amide bonds. The van der Waals surface area contributed by atoms with Gasteiger partial charge in [0.05, 0.1) is 34.3 Å². The molecule has 1 atom stereocenters. The first kappa shape index (κ1) is 21.4. The van der Waals surface area contributed by atoms with Gasteiger partial charge in [0, 0.05) is 16.6 Å². The van der Waals surface area contributed by atoms with Gasteiger partial charge in [-0.05, 0) is 43.8 Å². The number of hydrogen-bond donors (Lipinski definition) is 1. The molecule has 8 heteroatoms. The lowest BCUT2D eigenvalue weighted by molar-refractivity contribution is -0.917. The number of hydrogen-bond acceptors (Lipinski definition) is 6. The molecule has 0 saturated heterocycles. The maximum Gasteiger partial charge on any atom is 0.311 e. The highest BCUT2D eigenvalue weighted by atomic mass is 32.1. The molecule has 6 nitrogen and oxygen atoms in total. The van der Waals surface area contributed by atoms with Crippen molar-refractivity contribution < 1.29 is 23.9 Å². The summed E-state index contributed by atoms with van der Waals surface area (Å²) in [6.07, 6.45) is 0.240. The third-order valence-electron chi connectivity index (χ3n) is 4.26. The SMILES string of the molecule is CCOC(=O)Cc1csc(=S)n1C[NH+](C)Cc1cc(OC)c(OC)cc1C. The average molecular weight is 412 g/mol. The van der Waals surface area contributed by atoms with Gasteiger partial charge < -0.3 is 19.1 Å². The van der Waals surface area contributed by atoms with Crippen LogP contribution in [-0.4, -0.2) is 38.4 Å². The monoisotopic (exact) mass is 411 g/mol. The molecule has 2 aromatic rings. The first-order valence-corrected chi connectivity index (χ1v) is 10.0. The van der Waals surface area contributed by atoms with Crippen molar-refractivity contribution in [2.75, 3.05) is 27.9 Å². The van der Waals surface area contributed by atoms with Crippen molar-refractivity contribution in [3.05, 3.63) is 38.3 Å². The lowest BCUT2D eigenvalue weighted by Crippen LogP contribution is -3.07. The molecule has 0 radical (unpaired) electrons. The zero-order valence-electron chi connectivity index (χ0n) is 16.5. The second kappa shape index (κ2) is 9.87. The van der Waals surface area contributed by atoms with E-state index in [2.05, 4.69) is 14.0 Å². The van der Waals surface area contributed by atoms with Crippen LogP contribution in [0.1, 0.15) is 23.7 Å². The molecule has 1 unspecified atom stereocenters. The Hall–Kier alpha value is -1.90. The number of aromatic nitrogens is 1. The predicted molar refractivity (Wildman–Crippen MR) is 108 cm³/mol. The normalized spacial score (nSPS) is 11.9. The van der Waals surface area contributed by atoms with E-state index in [1.807, 2.05) is 29.0 Å². The summed E-state index contributed by atoms with van der Waals surface area (Å²) in [7, 11) is 5.38. The molecule has 1 aromatic heterocycles. The number of thiazole rings is 1. The lowest BCUT2D eigenvalue weighted by Gasteiger charge is -2.19. The number of ether oxygens (including phenoxy) is 3. The minimum Gasteiger partial charge on any atom is -0.493 e. The highest BCUT2D eigenvalue weighted by Crippen LogP contribution is 2.29. The Kier molecular flexibility index (Phi) is 7.82. The topological polar surface area (TPSA) is 54.1 Å². The van der Waals surface area contributed by atoms with Gasteiger partial charge in [0.25, 0.3) is 0 Å². The van der Waals surface area contributed by atoms with Crippen molar-refractivity contribution >= 4 is 29.5 Å². The van der Waals surface area contributed by atoms with Crippen LogP contribution in [0.4, 0.5) is 0 Å². The standard InChI is InChI=1S/C19H26N2O4S2/c1-6-25-18(22)9-15-11-27-19(26)21(15)12-20(3)10-14-8-17(24-5)16(23-4)7-13(14)2/h7-8,11H,6,9-10,12H2,1-5H3/p+1. The van der Waals surface area contributed by atoms with E-state index in [0.29, 0.717) is 13.3 Å². The molecular weight excluding hydrogens is 384 g/mol. The van der Waals surface area contributed by atoms with Crippen LogP contribution in [0.15, 0.2) is 17.5 Å². The predicted octanol–water partition coefficient (Wildman–Crippen LogP) is 2.38. The van der Waals surface area contributed by atoms with Gasteiger partial charge in [-0.15, -0.1) is 11.3 Å². The molecule has 0 aliphatic rings. The number of esters is 1. The van der Waals surface area contributed by atoms with Gasteiger partial charge in [-0.1, -0.05) is 0 Å². The van der Waals surface area contributed by atoms with E-state index in [-0.39, 0.29) is 12.4 Å². The van der Waals surface area contributed by atoms with Gasteiger partial charge in [-0.3, -0.25) is 9.36 Å². The quantitative estimate of drug-likeness (QED) is 0.507. The molecule has 148 valence electrons. The minimum absolute atomic E-state index is 0.229. The van der Waals surface area contributed by atoms with Gasteiger partial charge in [0.2, 0.25) is 0 Å². The number of quaternary nitrogens is 1. The number of benzene rings is 1. The van der Waals surface area contributed by atoms with Crippen molar-refractivity contribution in [1.82, 2.24) is 4.57 Å². The Labute approximate surface area is 169 Å². The smallest absolute Gasteiger partial charge is 0.311 e. The summed E-state index contributed by atoms with van der Waals surface area (Å²) in [5, 5.41) is 1.94. The van der Waals surface area contributed by atoms with Crippen molar-refractivity contribution in [2.24, 2.45) is 0 Å². The maximum absolute atomic E-state index is 11.8. The van der Waals surface area contributed by atoms with Gasteiger partial charge in [0.1, 0.15) is 6.54 Å². The fourth-order valence-electron chi connectivity index (χ4n) is 2.89. The second-order valence-electron chi connectivity index (χ2n) is 6.33. The van der Waals surface area contributed by atoms with E-state index in [4.69, 9.17) is 26.4 Å². The van der Waals surface area contributed by atoms with E-state index in [0.717, 1.165) is 33.3 Å². The first-order valence-electron chi connectivity index (χ1n) is 8.75. The van der Waals surface area contributed by atoms with Crippen LogP contribution in [0.3, 0.4) is 0 Å². The van der Waals surface area contributed by atoms with E-state index < -0.39 is 0 Å². The number of carbonyl (C=O) groups excluding carboxylic acids is 1. The molecule has 0 aliphatic carbocycles. The molecule has 1 heterocycles. The van der Waals surface area contributed by atoms with Crippen LogP contribution < -0.4 is 14.4 Å². The van der Waals surface area contributed by atoms with Crippen molar-refractivity contribution in [3.63, 3.8) is 0 Å². The average Bonchev–Trinajstić information content (AvgIpc) is 2.96. The largest absolute Gasteiger partial charge is 0.493 e. The number of nitrogens with zero attached hydrogens (tertiary/aromatic N) is 1. The third kappa shape index (κ3) is 5.54. The Morgan fingerprint density at radius 3 is 2.56 bits per heavy atom. The summed E-state index contributed by atoms with van der Waals surface area (Å²) >= 11 is 6.92. The van der Waals surface area contributed by atoms with Crippen LogP contribution in [0.5, 0.6) is 11.5 Å². The van der Waals surface area contributed by atoms with E-state index >= 15 is 0 Å². The minimum atomic E-state index is -0.229. The van der Waals surface area contributed by atoms with Crippen LogP contribution in [0.25, 0.3) is 0 Å². The summed E-state index contributed by atoms with van der Waals surface area (Å²) in [6.45, 7) is 5.72. The zero-order valence-corrected chi connectivity index (χ0v) is 18.1. The van der Waals surface area contributed by atoms with Crippen molar-refractivity contribution in [2.45, 2.75) is 33.5 Å². The van der Waals surface area contributed by atoms with Crippen LogP contribution >= 0.6 is 23.6 Å². The Morgan fingerprint density at radius 1 is 1.26 bits per heavy atom.